The van der Waals surface area contributed by atoms with E-state index in [0.717, 1.165) is 12.5 Å². The second kappa shape index (κ2) is 7.30. The van der Waals surface area contributed by atoms with Gasteiger partial charge in [0, 0.05) is 31.5 Å². The van der Waals surface area contributed by atoms with Crippen LogP contribution in [0.4, 0.5) is 18.9 Å². The number of aliphatic hydroxyl groups excluding tert-OH is 1. The molecule has 0 radical (unpaired) electrons. The minimum Gasteiger partial charge on any atom is -0.384 e. The van der Waals surface area contributed by atoms with E-state index in [4.69, 9.17) is 0 Å². The maximum absolute atomic E-state index is 13.3. The van der Waals surface area contributed by atoms with Gasteiger partial charge in [-0.25, -0.2) is 0 Å². The number of benzene rings is 1. The zero-order valence-electron chi connectivity index (χ0n) is 15.0. The van der Waals surface area contributed by atoms with Crippen molar-refractivity contribution in [3.05, 3.63) is 30.1 Å². The molecule has 1 unspecified atom stereocenters. The number of alkyl halides is 3. The van der Waals surface area contributed by atoms with Crippen LogP contribution in [0.5, 0.6) is 0 Å². The number of nitrogens with one attached hydrogen (secondary N) is 1. The summed E-state index contributed by atoms with van der Waals surface area (Å²) in [6.07, 6.45) is -2.30. The molecule has 6 nitrogen and oxygen atoms in total. The number of carbonyl (C=O) groups is 1. The Morgan fingerprint density at radius 2 is 1.93 bits per heavy atom. The molecular weight excluding hydrogens is 361 g/mol. The van der Waals surface area contributed by atoms with E-state index >= 15 is 0 Å². The van der Waals surface area contributed by atoms with Gasteiger partial charge in [0.2, 0.25) is 5.91 Å². The number of amides is 1. The maximum Gasteiger partial charge on any atom is 0.418 e. The first kappa shape index (κ1) is 19.3. The van der Waals surface area contributed by atoms with Gasteiger partial charge in [0.15, 0.2) is 0 Å². The number of aromatic nitrogens is 2. The van der Waals surface area contributed by atoms with E-state index in [-0.39, 0.29) is 23.0 Å². The summed E-state index contributed by atoms with van der Waals surface area (Å²) in [5.74, 6) is -0.266. The van der Waals surface area contributed by atoms with Gasteiger partial charge in [0.05, 0.1) is 11.3 Å². The van der Waals surface area contributed by atoms with Crippen molar-refractivity contribution in [2.24, 2.45) is 5.92 Å². The number of aliphatic hydroxyl groups is 1. The van der Waals surface area contributed by atoms with Crippen LogP contribution >= 0.6 is 0 Å². The molecule has 9 heteroatoms. The van der Waals surface area contributed by atoms with Crippen LogP contribution < -0.4 is 10.2 Å². The van der Waals surface area contributed by atoms with E-state index in [1.807, 2.05) is 11.8 Å². The van der Waals surface area contributed by atoms with Crippen molar-refractivity contribution in [2.75, 3.05) is 18.0 Å². The Morgan fingerprint density at radius 1 is 1.26 bits per heavy atom. The number of nitrogens with zero attached hydrogens (tertiary/aromatic N) is 3. The van der Waals surface area contributed by atoms with Gasteiger partial charge in [-0.05, 0) is 31.4 Å². The summed E-state index contributed by atoms with van der Waals surface area (Å²) in [6.45, 7) is 4.43. The minimum atomic E-state index is -4.52. The zero-order chi connectivity index (χ0) is 19.8. The first-order chi connectivity index (χ1) is 12.7. The van der Waals surface area contributed by atoms with Gasteiger partial charge in [-0.15, -0.1) is 0 Å². The number of piperidine rings is 1. The number of anilines is 1. The molecule has 27 heavy (non-hydrogen) atoms. The molecule has 1 aromatic carbocycles. The Balaban J connectivity index is 1.96. The quantitative estimate of drug-likeness (QED) is 0.852. The lowest BCUT2D eigenvalue weighted by Crippen LogP contribution is -2.52. The van der Waals surface area contributed by atoms with Crippen LogP contribution in [-0.2, 0) is 11.0 Å². The van der Waals surface area contributed by atoms with Crippen LogP contribution in [0.1, 0.15) is 25.8 Å². The highest BCUT2D eigenvalue weighted by Gasteiger charge is 2.35. The summed E-state index contributed by atoms with van der Waals surface area (Å²) in [5.41, 5.74) is -0.278. The third kappa shape index (κ3) is 4.13. The van der Waals surface area contributed by atoms with Crippen molar-refractivity contribution in [3.63, 3.8) is 0 Å². The number of rotatable bonds is 3. The lowest BCUT2D eigenvalue weighted by molar-refractivity contribution is -0.136. The predicted octanol–water partition coefficient (Wildman–Crippen LogP) is 2.36. The van der Waals surface area contributed by atoms with E-state index in [9.17, 15) is 23.1 Å². The third-order valence-electron chi connectivity index (χ3n) is 4.64. The minimum absolute atomic E-state index is 0.182. The fraction of sp³-hybridized carbons (Fsp3) is 0.500. The Labute approximate surface area is 154 Å². The molecule has 2 N–H and O–H groups in total. The van der Waals surface area contributed by atoms with Gasteiger partial charge in [-0.3, -0.25) is 14.8 Å². The molecule has 1 aliphatic rings. The lowest BCUT2D eigenvalue weighted by Gasteiger charge is -2.38. The molecule has 0 spiro atoms. The highest BCUT2D eigenvalue weighted by molar-refractivity contribution is 5.91. The topological polar surface area (TPSA) is 78.4 Å². The molecule has 1 saturated heterocycles. The average molecular weight is 382 g/mol. The predicted molar refractivity (Wildman–Crippen MR) is 94.1 cm³/mol. The van der Waals surface area contributed by atoms with E-state index in [2.05, 4.69) is 15.3 Å². The number of fused-ring (bicyclic) bond motifs is 1. The van der Waals surface area contributed by atoms with Gasteiger partial charge in [0.25, 0.3) is 0 Å². The van der Waals surface area contributed by atoms with Gasteiger partial charge >= 0.3 is 6.18 Å². The molecule has 0 saturated carbocycles. The van der Waals surface area contributed by atoms with Gasteiger partial charge in [0.1, 0.15) is 17.1 Å². The van der Waals surface area contributed by atoms with E-state index < -0.39 is 23.8 Å². The lowest BCUT2D eigenvalue weighted by atomic mass is 9.94. The standard InChI is InChI=1S/C18H21F3N4O2/c1-10-7-12(24-17(27)11(2)26)9-25(8-10)14-4-3-13(18(19,20)21)15-16(14)23-6-5-22-15/h3-6,10-12,26H,7-9H2,1-2H3,(H,24,27)/t10-,11?,12+/m0/s1. The number of hydrogen-bond donors (Lipinski definition) is 2. The fourth-order valence-electron chi connectivity index (χ4n) is 3.50. The second-order valence-electron chi connectivity index (χ2n) is 7.01. The SMILES string of the molecule is CC(O)C(=O)N[C@@H]1C[C@H](C)CN(c2ccc(C(F)(F)F)c3nccnc23)C1. The molecule has 1 fully saturated rings. The molecule has 3 rings (SSSR count). The first-order valence-corrected chi connectivity index (χ1v) is 8.71. The van der Waals surface area contributed by atoms with Crippen molar-refractivity contribution in [2.45, 2.75) is 38.6 Å². The molecule has 2 heterocycles. The zero-order valence-corrected chi connectivity index (χ0v) is 15.0. The van der Waals surface area contributed by atoms with Crippen LogP contribution in [0, 0.1) is 5.92 Å². The van der Waals surface area contributed by atoms with Crippen LogP contribution in [0.15, 0.2) is 24.5 Å². The summed E-state index contributed by atoms with van der Waals surface area (Å²) < 4.78 is 39.8. The normalized spacial score (nSPS) is 21.9. The maximum atomic E-state index is 13.3. The van der Waals surface area contributed by atoms with E-state index in [1.54, 1.807) is 0 Å². The highest BCUT2D eigenvalue weighted by Crippen LogP contribution is 2.37. The van der Waals surface area contributed by atoms with Crippen LogP contribution in [0.2, 0.25) is 0 Å². The highest BCUT2D eigenvalue weighted by atomic mass is 19.4. The largest absolute Gasteiger partial charge is 0.418 e. The van der Waals surface area contributed by atoms with Gasteiger partial charge in [-0.1, -0.05) is 6.92 Å². The molecular formula is C18H21F3N4O2. The number of hydrogen-bond acceptors (Lipinski definition) is 5. The molecule has 2 aromatic rings. The number of halogens is 3. The van der Waals surface area contributed by atoms with Crippen LogP contribution in [0.25, 0.3) is 11.0 Å². The Morgan fingerprint density at radius 3 is 2.56 bits per heavy atom. The van der Waals surface area contributed by atoms with E-state index in [1.165, 1.54) is 25.4 Å². The van der Waals surface area contributed by atoms with Crippen molar-refractivity contribution in [1.29, 1.82) is 0 Å². The van der Waals surface area contributed by atoms with Gasteiger partial charge in [-0.2, -0.15) is 13.2 Å². The monoisotopic (exact) mass is 382 g/mol. The van der Waals surface area contributed by atoms with Crippen LogP contribution in [0.3, 0.4) is 0 Å². The molecule has 1 aliphatic heterocycles. The first-order valence-electron chi connectivity index (χ1n) is 8.71. The van der Waals surface area contributed by atoms with Crippen molar-refractivity contribution in [3.8, 4) is 0 Å². The summed E-state index contributed by atoms with van der Waals surface area (Å²) in [5, 5.41) is 12.2. The molecule has 0 aliphatic carbocycles. The van der Waals surface area contributed by atoms with Crippen molar-refractivity contribution >= 4 is 22.6 Å². The number of carbonyl (C=O) groups excluding carboxylic acids is 1. The average Bonchev–Trinajstić information content (AvgIpc) is 2.59. The van der Waals surface area contributed by atoms with E-state index in [0.29, 0.717) is 18.8 Å². The van der Waals surface area contributed by atoms with Crippen molar-refractivity contribution < 1.29 is 23.1 Å². The Bertz CT molecular complexity index is 841. The molecule has 1 amide bonds. The van der Waals surface area contributed by atoms with Crippen molar-refractivity contribution in [1.82, 2.24) is 15.3 Å². The van der Waals surface area contributed by atoms with Gasteiger partial charge < -0.3 is 15.3 Å². The molecule has 0 bridgehead atoms. The smallest absolute Gasteiger partial charge is 0.384 e. The summed E-state index contributed by atoms with van der Waals surface area (Å²) in [6, 6.07) is 2.21. The van der Waals surface area contributed by atoms with Crippen LogP contribution in [-0.4, -0.2) is 46.2 Å². The Hall–Kier alpha value is -2.42. The molecule has 146 valence electrons. The summed E-state index contributed by atoms with van der Waals surface area (Å²) in [7, 11) is 0. The fourth-order valence-corrected chi connectivity index (χ4v) is 3.50. The summed E-state index contributed by atoms with van der Waals surface area (Å²) >= 11 is 0. The molecule has 3 atom stereocenters. The second-order valence-corrected chi connectivity index (χ2v) is 7.01. The Kier molecular flexibility index (Phi) is 5.23. The summed E-state index contributed by atoms with van der Waals surface area (Å²) in [4.78, 5) is 21.8. The molecule has 1 aromatic heterocycles. The third-order valence-corrected chi connectivity index (χ3v) is 4.64.